The Morgan fingerprint density at radius 3 is 2.30 bits per heavy atom. The minimum absolute atomic E-state index is 0.0341. The lowest BCUT2D eigenvalue weighted by Gasteiger charge is -2.34. The third-order valence-electron chi connectivity index (χ3n) is 4.41. The van der Waals surface area contributed by atoms with Gasteiger partial charge in [0.05, 0.1) is 10.5 Å². The van der Waals surface area contributed by atoms with Gasteiger partial charge < -0.3 is 26.4 Å². The van der Waals surface area contributed by atoms with Crippen LogP contribution in [0.5, 0.6) is 0 Å². The summed E-state index contributed by atoms with van der Waals surface area (Å²) in [4.78, 5) is 29.4. The van der Waals surface area contributed by atoms with Crippen molar-refractivity contribution in [3.63, 3.8) is 0 Å². The van der Waals surface area contributed by atoms with Crippen LogP contribution in [0.2, 0.25) is 0 Å². The number of alkyl carbamates (subject to hydrolysis) is 1. The molecule has 1 aromatic carbocycles. The van der Waals surface area contributed by atoms with E-state index in [4.69, 9.17) is 16.2 Å². The SMILES string of the molecule is CC(C)(C)OC(=O)NC1CCN(c2ccc(C(=O)N=C(N)N)c(S(C)(=O)=O)c2)CC1. The van der Waals surface area contributed by atoms with E-state index in [2.05, 4.69) is 10.3 Å². The van der Waals surface area contributed by atoms with E-state index in [9.17, 15) is 18.0 Å². The number of hydrogen-bond acceptors (Lipinski definition) is 6. The topological polar surface area (TPSA) is 157 Å². The molecule has 0 aromatic heterocycles. The maximum Gasteiger partial charge on any atom is 0.407 e. The van der Waals surface area contributed by atoms with E-state index in [0.29, 0.717) is 31.6 Å². The van der Waals surface area contributed by atoms with Crippen molar-refractivity contribution in [2.45, 2.75) is 50.2 Å². The highest BCUT2D eigenvalue weighted by Crippen LogP contribution is 2.27. The van der Waals surface area contributed by atoms with E-state index >= 15 is 0 Å². The Morgan fingerprint density at radius 2 is 1.80 bits per heavy atom. The highest BCUT2D eigenvalue weighted by molar-refractivity contribution is 7.90. The second kappa shape index (κ2) is 8.90. The van der Waals surface area contributed by atoms with Gasteiger partial charge in [0.15, 0.2) is 15.8 Å². The van der Waals surface area contributed by atoms with Crippen LogP contribution in [0.25, 0.3) is 0 Å². The van der Waals surface area contributed by atoms with Crippen molar-refractivity contribution in [3.8, 4) is 0 Å². The number of guanidine groups is 1. The van der Waals surface area contributed by atoms with Crippen LogP contribution >= 0.6 is 0 Å². The molecule has 2 amide bonds. The molecule has 10 nitrogen and oxygen atoms in total. The highest BCUT2D eigenvalue weighted by atomic mass is 32.2. The molecule has 5 N–H and O–H groups in total. The van der Waals surface area contributed by atoms with Crippen molar-refractivity contribution in [3.05, 3.63) is 23.8 Å². The maximum atomic E-state index is 12.2. The van der Waals surface area contributed by atoms with Gasteiger partial charge in [0.2, 0.25) is 0 Å². The number of hydrogen-bond donors (Lipinski definition) is 3. The summed E-state index contributed by atoms with van der Waals surface area (Å²) >= 11 is 0. The summed E-state index contributed by atoms with van der Waals surface area (Å²) in [5, 5.41) is 2.86. The number of aliphatic imine (C=N–C) groups is 1. The van der Waals surface area contributed by atoms with Gasteiger partial charge in [0.25, 0.3) is 5.91 Å². The average molecular weight is 440 g/mol. The molecule has 2 rings (SSSR count). The molecule has 0 atom stereocenters. The van der Waals surface area contributed by atoms with Gasteiger partial charge in [-0.15, -0.1) is 0 Å². The van der Waals surface area contributed by atoms with Gasteiger partial charge in [-0.1, -0.05) is 0 Å². The first-order chi connectivity index (χ1) is 13.8. The van der Waals surface area contributed by atoms with Crippen molar-refractivity contribution >= 4 is 33.5 Å². The van der Waals surface area contributed by atoms with Gasteiger partial charge in [-0.05, 0) is 51.8 Å². The second-order valence-electron chi connectivity index (χ2n) is 8.20. The molecular formula is C19H29N5O5S. The Morgan fingerprint density at radius 1 is 1.20 bits per heavy atom. The Hall–Kier alpha value is -2.82. The van der Waals surface area contributed by atoms with Gasteiger partial charge in [-0.25, -0.2) is 13.2 Å². The molecule has 0 saturated carbocycles. The fraction of sp³-hybridized carbons (Fsp3) is 0.526. The van der Waals surface area contributed by atoms with E-state index in [-0.39, 0.29) is 16.5 Å². The summed E-state index contributed by atoms with van der Waals surface area (Å²) in [5.41, 5.74) is 10.5. The molecule has 0 spiro atoms. The molecule has 1 aliphatic rings. The summed E-state index contributed by atoms with van der Waals surface area (Å²) in [6, 6.07) is 4.48. The maximum absolute atomic E-state index is 12.2. The Labute approximate surface area is 176 Å². The lowest BCUT2D eigenvalue weighted by Crippen LogP contribution is -2.46. The van der Waals surface area contributed by atoms with Gasteiger partial charge >= 0.3 is 6.09 Å². The van der Waals surface area contributed by atoms with Crippen LogP contribution in [0.1, 0.15) is 44.0 Å². The van der Waals surface area contributed by atoms with Crippen molar-refractivity contribution in [2.75, 3.05) is 24.2 Å². The number of benzene rings is 1. The molecule has 1 fully saturated rings. The minimum Gasteiger partial charge on any atom is -0.444 e. The fourth-order valence-corrected chi connectivity index (χ4v) is 4.01. The third kappa shape index (κ3) is 6.61. The van der Waals surface area contributed by atoms with Crippen LogP contribution in [-0.4, -0.2) is 57.4 Å². The normalized spacial score (nSPS) is 15.4. The second-order valence-corrected chi connectivity index (χ2v) is 10.2. The molecule has 30 heavy (non-hydrogen) atoms. The number of sulfone groups is 1. The largest absolute Gasteiger partial charge is 0.444 e. The third-order valence-corrected chi connectivity index (χ3v) is 5.54. The summed E-state index contributed by atoms with van der Waals surface area (Å²) < 4.78 is 29.7. The van der Waals surface area contributed by atoms with Crippen LogP contribution in [0.3, 0.4) is 0 Å². The number of carbonyl (C=O) groups is 2. The molecular weight excluding hydrogens is 410 g/mol. The minimum atomic E-state index is -3.69. The smallest absolute Gasteiger partial charge is 0.407 e. The van der Waals surface area contributed by atoms with Crippen LogP contribution in [0, 0.1) is 0 Å². The number of nitrogens with one attached hydrogen (secondary N) is 1. The number of anilines is 1. The molecule has 1 aromatic rings. The quantitative estimate of drug-likeness (QED) is 0.463. The Bertz CT molecular complexity index is 941. The van der Waals surface area contributed by atoms with E-state index < -0.39 is 33.4 Å². The van der Waals surface area contributed by atoms with Crippen molar-refractivity contribution in [1.82, 2.24) is 5.32 Å². The lowest BCUT2D eigenvalue weighted by atomic mass is 10.0. The van der Waals surface area contributed by atoms with Gasteiger partial charge in [0.1, 0.15) is 5.60 Å². The molecule has 0 radical (unpaired) electrons. The van der Waals surface area contributed by atoms with Crippen molar-refractivity contribution in [1.29, 1.82) is 0 Å². The van der Waals surface area contributed by atoms with E-state index in [1.54, 1.807) is 26.8 Å². The zero-order valence-corrected chi connectivity index (χ0v) is 18.5. The van der Waals surface area contributed by atoms with E-state index in [0.717, 1.165) is 6.26 Å². The number of ether oxygens (including phenoxy) is 1. The number of amides is 2. The highest BCUT2D eigenvalue weighted by Gasteiger charge is 2.26. The average Bonchev–Trinajstić information content (AvgIpc) is 2.59. The molecule has 1 heterocycles. The molecule has 1 aliphatic heterocycles. The predicted octanol–water partition coefficient (Wildman–Crippen LogP) is 0.997. The van der Waals surface area contributed by atoms with Crippen LogP contribution in [-0.2, 0) is 14.6 Å². The monoisotopic (exact) mass is 439 g/mol. The zero-order chi connectivity index (χ0) is 22.7. The standard InChI is InChI=1S/C19H29N5O5S/c1-19(2,3)29-18(26)22-12-7-9-24(10-8-12)13-5-6-14(16(25)23-17(20)21)15(11-13)30(4,27)28/h5-6,11-12H,7-10H2,1-4H3,(H,22,26)(H4,20,21,23,25). The lowest BCUT2D eigenvalue weighted by molar-refractivity contribution is 0.0497. The van der Waals surface area contributed by atoms with E-state index in [1.807, 2.05) is 4.90 Å². The molecule has 1 saturated heterocycles. The molecule has 0 bridgehead atoms. The summed E-state index contributed by atoms with van der Waals surface area (Å²) in [5.74, 6) is -1.26. The van der Waals surface area contributed by atoms with Gasteiger partial charge in [-0.2, -0.15) is 4.99 Å². The molecule has 166 valence electrons. The predicted molar refractivity (Wildman–Crippen MR) is 114 cm³/mol. The summed E-state index contributed by atoms with van der Waals surface area (Å²) in [7, 11) is -3.69. The molecule has 0 aliphatic carbocycles. The first-order valence-electron chi connectivity index (χ1n) is 9.49. The van der Waals surface area contributed by atoms with Crippen LogP contribution < -0.4 is 21.7 Å². The zero-order valence-electron chi connectivity index (χ0n) is 17.6. The molecule has 11 heteroatoms. The number of nitrogens with zero attached hydrogens (tertiary/aromatic N) is 2. The number of nitrogens with two attached hydrogens (primary N) is 2. The first-order valence-corrected chi connectivity index (χ1v) is 11.4. The van der Waals surface area contributed by atoms with E-state index in [1.165, 1.54) is 12.1 Å². The van der Waals surface area contributed by atoms with Crippen LogP contribution in [0.15, 0.2) is 28.1 Å². The molecule has 0 unspecified atom stereocenters. The van der Waals surface area contributed by atoms with Gasteiger partial charge in [-0.3, -0.25) is 4.79 Å². The Kier molecular flexibility index (Phi) is 6.96. The van der Waals surface area contributed by atoms with Crippen molar-refractivity contribution < 1.29 is 22.7 Å². The fourth-order valence-electron chi connectivity index (χ4n) is 3.12. The summed E-state index contributed by atoms with van der Waals surface area (Å²) in [6.07, 6.45) is 1.91. The Balaban J connectivity index is 2.13. The number of carbonyl (C=O) groups excluding carboxylic acids is 2. The van der Waals surface area contributed by atoms with Crippen molar-refractivity contribution in [2.24, 2.45) is 16.5 Å². The summed E-state index contributed by atoms with van der Waals surface area (Å²) in [6.45, 7) is 6.61. The van der Waals surface area contributed by atoms with Crippen LogP contribution in [0.4, 0.5) is 10.5 Å². The van der Waals surface area contributed by atoms with Gasteiger partial charge in [0, 0.05) is 31.1 Å². The first kappa shape index (κ1) is 23.5. The number of piperidine rings is 1. The number of rotatable bonds is 4.